The third-order valence-electron chi connectivity index (χ3n) is 4.81. The molecule has 0 saturated carbocycles. The summed E-state index contributed by atoms with van der Waals surface area (Å²) < 4.78 is 4.07. The molecule has 1 aliphatic rings. The fourth-order valence-electron chi connectivity index (χ4n) is 3.44. The molecule has 4 heterocycles. The summed E-state index contributed by atoms with van der Waals surface area (Å²) in [5, 5.41) is 6.67. The number of nitrogens with one attached hydrogen (secondary N) is 2. The van der Waals surface area contributed by atoms with Gasteiger partial charge in [0.1, 0.15) is 17.5 Å². The van der Waals surface area contributed by atoms with Crippen LogP contribution in [0.5, 0.6) is 0 Å². The molecule has 0 unspecified atom stereocenters. The Labute approximate surface area is 146 Å². The Morgan fingerprint density at radius 3 is 3.04 bits per heavy atom. The molecular formula is C18H22N6O. The van der Waals surface area contributed by atoms with Gasteiger partial charge in [-0.3, -0.25) is 4.79 Å². The van der Waals surface area contributed by atoms with Crippen LogP contribution in [0.25, 0.3) is 5.65 Å². The molecular weight excluding hydrogens is 316 g/mol. The SMILES string of the molecule is Cc1ccc2ncc(CN[C@@H]3CCC(=O)N[C@H]3c3nccn3C)n2c1. The van der Waals surface area contributed by atoms with Crippen LogP contribution in [0, 0.1) is 6.92 Å². The molecule has 25 heavy (non-hydrogen) atoms. The van der Waals surface area contributed by atoms with Crippen LogP contribution < -0.4 is 10.6 Å². The van der Waals surface area contributed by atoms with Gasteiger partial charge in [-0.2, -0.15) is 0 Å². The second-order valence-corrected chi connectivity index (χ2v) is 6.65. The van der Waals surface area contributed by atoms with E-state index < -0.39 is 0 Å². The maximum atomic E-state index is 11.9. The Kier molecular flexibility index (Phi) is 4.01. The minimum absolute atomic E-state index is 0.0801. The van der Waals surface area contributed by atoms with Gasteiger partial charge < -0.3 is 19.6 Å². The van der Waals surface area contributed by atoms with Gasteiger partial charge in [-0.25, -0.2) is 9.97 Å². The summed E-state index contributed by atoms with van der Waals surface area (Å²) in [6, 6.07) is 4.10. The fraction of sp³-hybridized carbons (Fsp3) is 0.389. The Morgan fingerprint density at radius 1 is 1.36 bits per heavy atom. The maximum Gasteiger partial charge on any atom is 0.220 e. The number of amides is 1. The quantitative estimate of drug-likeness (QED) is 0.756. The van der Waals surface area contributed by atoms with E-state index in [-0.39, 0.29) is 18.0 Å². The average molecular weight is 338 g/mol. The summed E-state index contributed by atoms with van der Waals surface area (Å²) in [7, 11) is 1.95. The number of imidazole rings is 2. The first kappa shape index (κ1) is 15.8. The smallest absolute Gasteiger partial charge is 0.220 e. The Morgan fingerprint density at radius 2 is 2.24 bits per heavy atom. The van der Waals surface area contributed by atoms with Crippen LogP contribution in [0.1, 0.15) is 36.0 Å². The molecule has 0 aliphatic carbocycles. The molecule has 1 fully saturated rings. The van der Waals surface area contributed by atoms with Gasteiger partial charge in [0.05, 0.1) is 11.9 Å². The lowest BCUT2D eigenvalue weighted by molar-refractivity contribution is -0.124. The van der Waals surface area contributed by atoms with Gasteiger partial charge in [0.2, 0.25) is 5.91 Å². The highest BCUT2D eigenvalue weighted by Gasteiger charge is 2.32. The van der Waals surface area contributed by atoms with Crippen molar-refractivity contribution in [2.45, 2.75) is 38.4 Å². The topological polar surface area (TPSA) is 76.2 Å². The molecule has 1 saturated heterocycles. The van der Waals surface area contributed by atoms with Crippen LogP contribution in [0.15, 0.2) is 36.9 Å². The minimum atomic E-state index is -0.123. The monoisotopic (exact) mass is 338 g/mol. The average Bonchev–Trinajstić information content (AvgIpc) is 3.19. The van der Waals surface area contributed by atoms with E-state index in [0.717, 1.165) is 23.6 Å². The first-order valence-electron chi connectivity index (χ1n) is 8.54. The Balaban J connectivity index is 1.54. The van der Waals surface area contributed by atoms with Crippen molar-refractivity contribution in [3.05, 3.63) is 54.0 Å². The number of rotatable bonds is 4. The lowest BCUT2D eigenvalue weighted by Crippen LogP contribution is -2.49. The summed E-state index contributed by atoms with van der Waals surface area (Å²) in [4.78, 5) is 20.8. The molecule has 2 N–H and O–H groups in total. The van der Waals surface area contributed by atoms with Crippen LogP contribution in [-0.2, 0) is 18.4 Å². The van der Waals surface area contributed by atoms with E-state index in [1.54, 1.807) is 6.20 Å². The maximum absolute atomic E-state index is 11.9. The number of aryl methyl sites for hydroxylation is 2. The predicted octanol–water partition coefficient (Wildman–Crippen LogP) is 1.49. The van der Waals surface area contributed by atoms with Gasteiger partial charge in [-0.1, -0.05) is 6.07 Å². The van der Waals surface area contributed by atoms with Crippen molar-refractivity contribution in [2.24, 2.45) is 7.05 Å². The van der Waals surface area contributed by atoms with Crippen molar-refractivity contribution in [3.63, 3.8) is 0 Å². The lowest BCUT2D eigenvalue weighted by atomic mass is 9.97. The van der Waals surface area contributed by atoms with Gasteiger partial charge in [0, 0.05) is 44.6 Å². The minimum Gasteiger partial charge on any atom is -0.345 e. The zero-order valence-corrected chi connectivity index (χ0v) is 14.4. The van der Waals surface area contributed by atoms with Gasteiger partial charge in [0.25, 0.3) is 0 Å². The van der Waals surface area contributed by atoms with Crippen LogP contribution in [0.3, 0.4) is 0 Å². The molecule has 7 nitrogen and oxygen atoms in total. The van der Waals surface area contributed by atoms with E-state index in [2.05, 4.69) is 44.2 Å². The highest BCUT2D eigenvalue weighted by atomic mass is 16.1. The van der Waals surface area contributed by atoms with E-state index in [9.17, 15) is 4.79 Å². The van der Waals surface area contributed by atoms with Gasteiger partial charge in [-0.15, -0.1) is 0 Å². The summed E-state index contributed by atoms with van der Waals surface area (Å²) in [6.07, 6.45) is 8.99. The lowest BCUT2D eigenvalue weighted by Gasteiger charge is -2.32. The predicted molar refractivity (Wildman–Crippen MR) is 93.9 cm³/mol. The number of hydrogen-bond acceptors (Lipinski definition) is 4. The molecule has 0 aromatic carbocycles. The molecule has 2 atom stereocenters. The molecule has 3 aromatic rings. The highest BCUT2D eigenvalue weighted by Crippen LogP contribution is 2.23. The number of nitrogens with zero attached hydrogens (tertiary/aromatic N) is 4. The van der Waals surface area contributed by atoms with Gasteiger partial charge in [0.15, 0.2) is 0 Å². The Bertz CT molecular complexity index is 911. The summed E-state index contributed by atoms with van der Waals surface area (Å²) in [6.45, 7) is 2.76. The first-order valence-corrected chi connectivity index (χ1v) is 8.54. The third-order valence-corrected chi connectivity index (χ3v) is 4.81. The molecule has 3 aromatic heterocycles. The van der Waals surface area contributed by atoms with Crippen molar-refractivity contribution in [3.8, 4) is 0 Å². The van der Waals surface area contributed by atoms with Crippen molar-refractivity contribution in [1.29, 1.82) is 0 Å². The summed E-state index contributed by atoms with van der Waals surface area (Å²) >= 11 is 0. The van der Waals surface area contributed by atoms with E-state index in [1.807, 2.05) is 30.1 Å². The van der Waals surface area contributed by atoms with Crippen molar-refractivity contribution in [1.82, 2.24) is 29.6 Å². The zero-order chi connectivity index (χ0) is 17.4. The standard InChI is InChI=1S/C18H22N6O/c1-12-3-5-15-21-10-13(24(15)11-12)9-20-14-4-6-16(25)22-17(14)18-19-7-8-23(18)2/h3,5,7-8,10-11,14,17,20H,4,6,9H2,1-2H3,(H,22,25)/t14-,17-/m1/s1. The molecule has 0 bridgehead atoms. The molecule has 1 amide bonds. The molecule has 4 rings (SSSR count). The summed E-state index contributed by atoms with van der Waals surface area (Å²) in [5.41, 5.74) is 3.25. The number of aromatic nitrogens is 4. The number of pyridine rings is 1. The van der Waals surface area contributed by atoms with E-state index >= 15 is 0 Å². The molecule has 0 spiro atoms. The number of fused-ring (bicyclic) bond motifs is 1. The molecule has 1 aliphatic heterocycles. The number of carbonyl (C=O) groups excluding carboxylic acids is 1. The Hall–Kier alpha value is -2.67. The van der Waals surface area contributed by atoms with Crippen molar-refractivity contribution in [2.75, 3.05) is 0 Å². The second kappa shape index (κ2) is 6.33. The first-order chi connectivity index (χ1) is 12.1. The van der Waals surface area contributed by atoms with Crippen LogP contribution >= 0.6 is 0 Å². The fourth-order valence-corrected chi connectivity index (χ4v) is 3.44. The van der Waals surface area contributed by atoms with E-state index in [1.165, 1.54) is 5.56 Å². The largest absolute Gasteiger partial charge is 0.345 e. The molecule has 130 valence electrons. The molecule has 0 radical (unpaired) electrons. The van der Waals surface area contributed by atoms with Crippen molar-refractivity contribution >= 4 is 11.6 Å². The van der Waals surface area contributed by atoms with E-state index in [0.29, 0.717) is 13.0 Å². The van der Waals surface area contributed by atoms with E-state index in [4.69, 9.17) is 0 Å². The number of carbonyl (C=O) groups is 1. The second-order valence-electron chi connectivity index (χ2n) is 6.65. The molecule has 7 heteroatoms. The highest BCUT2D eigenvalue weighted by molar-refractivity contribution is 5.77. The third kappa shape index (κ3) is 3.02. The van der Waals surface area contributed by atoms with Crippen molar-refractivity contribution < 1.29 is 4.79 Å². The normalized spacial score (nSPS) is 20.8. The van der Waals surface area contributed by atoms with Crippen LogP contribution in [0.4, 0.5) is 0 Å². The number of hydrogen-bond donors (Lipinski definition) is 2. The number of piperidine rings is 1. The zero-order valence-electron chi connectivity index (χ0n) is 14.4. The van der Waals surface area contributed by atoms with Crippen LogP contribution in [-0.4, -0.2) is 30.9 Å². The van der Waals surface area contributed by atoms with Gasteiger partial charge >= 0.3 is 0 Å². The van der Waals surface area contributed by atoms with Gasteiger partial charge in [-0.05, 0) is 25.0 Å². The summed E-state index contributed by atoms with van der Waals surface area (Å²) in [5.74, 6) is 0.955. The van der Waals surface area contributed by atoms with Crippen LogP contribution in [0.2, 0.25) is 0 Å².